The molecule has 0 aromatic heterocycles. The highest BCUT2D eigenvalue weighted by atomic mass is 32.2. The average Bonchev–Trinajstić information content (AvgIpc) is 2.73. The Balaban J connectivity index is 1.92. The third kappa shape index (κ3) is 5.33. The van der Waals surface area contributed by atoms with Crippen molar-refractivity contribution in [3.05, 3.63) is 47.5 Å². The number of piperidine rings is 1. The summed E-state index contributed by atoms with van der Waals surface area (Å²) in [7, 11) is 0. The monoisotopic (exact) mass is 440 g/mol. The van der Waals surface area contributed by atoms with Crippen molar-refractivity contribution < 1.29 is 27.8 Å². The number of rotatable bonds is 7. The molecule has 0 saturated carbocycles. The van der Waals surface area contributed by atoms with Gasteiger partial charge in [-0.25, -0.2) is 4.79 Å². The van der Waals surface area contributed by atoms with Crippen molar-refractivity contribution in [2.75, 3.05) is 29.3 Å². The number of halogens is 3. The van der Waals surface area contributed by atoms with E-state index in [1.54, 1.807) is 13.0 Å². The molecule has 0 atom stereocenters. The Hall–Kier alpha value is -2.55. The maximum Gasteiger partial charge on any atom is 0.416 e. The molecular weight excluding hydrogens is 417 g/mol. The highest BCUT2D eigenvalue weighted by Gasteiger charge is 2.31. The predicted octanol–water partition coefficient (Wildman–Crippen LogP) is 5.91. The predicted molar refractivity (Wildman–Crippen MR) is 112 cm³/mol. The normalized spacial score (nSPS) is 14.5. The van der Waals surface area contributed by atoms with E-state index in [4.69, 9.17) is 4.74 Å². The minimum atomic E-state index is -4.46. The lowest BCUT2D eigenvalue weighted by molar-refractivity contribution is -0.137. The van der Waals surface area contributed by atoms with Gasteiger partial charge in [-0.1, -0.05) is 0 Å². The van der Waals surface area contributed by atoms with Crippen LogP contribution in [0.1, 0.15) is 42.1 Å². The van der Waals surface area contributed by atoms with Crippen molar-refractivity contribution in [2.45, 2.75) is 37.3 Å². The maximum absolute atomic E-state index is 13.3. The molecule has 0 unspecified atom stereocenters. The molecule has 9 heteroatoms. The summed E-state index contributed by atoms with van der Waals surface area (Å²) in [5.74, 6) is -0.625. The number of carboxylic acids is 1. The summed E-state index contributed by atoms with van der Waals surface area (Å²) in [6.45, 7) is 3.74. The van der Waals surface area contributed by atoms with E-state index < -0.39 is 17.7 Å². The van der Waals surface area contributed by atoms with Gasteiger partial charge in [0.05, 0.1) is 34.0 Å². The van der Waals surface area contributed by atoms with Crippen LogP contribution in [0.2, 0.25) is 0 Å². The van der Waals surface area contributed by atoms with Gasteiger partial charge in [-0.3, -0.25) is 0 Å². The zero-order chi connectivity index (χ0) is 21.7. The number of alkyl halides is 3. The lowest BCUT2D eigenvalue weighted by atomic mass is 10.1. The summed E-state index contributed by atoms with van der Waals surface area (Å²) in [6, 6.07) is 8.11. The van der Waals surface area contributed by atoms with Crippen LogP contribution in [0.5, 0.6) is 5.75 Å². The van der Waals surface area contributed by atoms with E-state index in [1.165, 1.54) is 18.2 Å². The topological polar surface area (TPSA) is 61.8 Å². The number of hydrogen-bond acceptors (Lipinski definition) is 5. The van der Waals surface area contributed by atoms with Gasteiger partial charge >= 0.3 is 12.1 Å². The van der Waals surface area contributed by atoms with Crippen molar-refractivity contribution in [3.8, 4) is 5.75 Å². The van der Waals surface area contributed by atoms with Crippen LogP contribution >= 0.6 is 11.9 Å². The fourth-order valence-corrected chi connectivity index (χ4v) is 4.11. The number of aromatic carboxylic acids is 1. The van der Waals surface area contributed by atoms with E-state index in [0.717, 1.165) is 56.4 Å². The first-order valence-electron chi connectivity index (χ1n) is 9.68. The molecule has 2 N–H and O–H groups in total. The first kappa shape index (κ1) is 22.1. The van der Waals surface area contributed by atoms with Gasteiger partial charge in [-0.15, -0.1) is 0 Å². The summed E-state index contributed by atoms with van der Waals surface area (Å²) >= 11 is 1.04. The van der Waals surface area contributed by atoms with Gasteiger partial charge in [0.25, 0.3) is 0 Å². The minimum Gasteiger partial charge on any atom is -0.493 e. The molecule has 0 bridgehead atoms. The van der Waals surface area contributed by atoms with E-state index >= 15 is 0 Å². The van der Waals surface area contributed by atoms with Gasteiger partial charge in [0.15, 0.2) is 0 Å². The van der Waals surface area contributed by atoms with Crippen LogP contribution in [0.15, 0.2) is 41.3 Å². The van der Waals surface area contributed by atoms with Crippen molar-refractivity contribution in [1.82, 2.24) is 0 Å². The molecule has 0 aliphatic carbocycles. The fraction of sp³-hybridized carbons (Fsp3) is 0.381. The van der Waals surface area contributed by atoms with Crippen LogP contribution in [-0.4, -0.2) is 30.8 Å². The molecule has 162 valence electrons. The molecule has 30 heavy (non-hydrogen) atoms. The van der Waals surface area contributed by atoms with Gasteiger partial charge < -0.3 is 19.5 Å². The van der Waals surface area contributed by atoms with Gasteiger partial charge in [0.1, 0.15) is 5.75 Å². The Bertz CT molecular complexity index is 900. The second-order valence-corrected chi connectivity index (χ2v) is 7.73. The van der Waals surface area contributed by atoms with Crippen molar-refractivity contribution in [3.63, 3.8) is 0 Å². The molecule has 1 aliphatic heterocycles. The minimum absolute atomic E-state index is 0.0723. The van der Waals surface area contributed by atoms with Crippen molar-refractivity contribution in [2.24, 2.45) is 0 Å². The number of benzene rings is 2. The molecule has 1 fully saturated rings. The highest BCUT2D eigenvalue weighted by Crippen LogP contribution is 2.39. The summed E-state index contributed by atoms with van der Waals surface area (Å²) < 4.78 is 48.4. The van der Waals surface area contributed by atoms with Gasteiger partial charge in [0, 0.05) is 13.1 Å². The van der Waals surface area contributed by atoms with E-state index in [1.807, 2.05) is 0 Å². The largest absolute Gasteiger partial charge is 0.493 e. The van der Waals surface area contributed by atoms with Crippen molar-refractivity contribution in [1.29, 1.82) is 0 Å². The van der Waals surface area contributed by atoms with E-state index in [9.17, 15) is 23.1 Å². The number of anilines is 2. The summed E-state index contributed by atoms with van der Waals surface area (Å²) in [5.41, 5.74) is 0.362. The van der Waals surface area contributed by atoms with Gasteiger partial charge in [-0.2, -0.15) is 13.2 Å². The summed E-state index contributed by atoms with van der Waals surface area (Å²) in [4.78, 5) is 13.9. The first-order valence-corrected chi connectivity index (χ1v) is 10.5. The number of carboxylic acid groups (broad SMARTS) is 1. The quantitative estimate of drug-likeness (QED) is 0.522. The Labute approximate surface area is 177 Å². The van der Waals surface area contributed by atoms with Crippen LogP contribution < -0.4 is 14.4 Å². The standard InChI is InChI=1S/C21H23F3N2O3S/c1-2-29-18-9-6-14(20(27)28)12-19(18)30-25-16-13-15(21(22,23)24)7-8-17(16)26-10-4-3-5-11-26/h6-9,12-13,25H,2-5,10-11H2,1H3,(H,27,28). The maximum atomic E-state index is 13.3. The van der Waals surface area contributed by atoms with E-state index in [0.29, 0.717) is 28.6 Å². The molecule has 1 saturated heterocycles. The van der Waals surface area contributed by atoms with Gasteiger partial charge in [-0.05, 0) is 74.5 Å². The van der Waals surface area contributed by atoms with Crippen LogP contribution in [0.3, 0.4) is 0 Å². The second-order valence-electron chi connectivity index (χ2n) is 6.88. The molecule has 2 aromatic rings. The Morgan fingerprint density at radius 2 is 1.90 bits per heavy atom. The molecule has 3 rings (SSSR count). The summed E-state index contributed by atoms with van der Waals surface area (Å²) in [5, 5.41) is 9.25. The SMILES string of the molecule is CCOc1ccc(C(=O)O)cc1SNc1cc(C(F)(F)F)ccc1N1CCCCC1. The van der Waals surface area contributed by atoms with Crippen LogP contribution in [0.25, 0.3) is 0 Å². The Morgan fingerprint density at radius 3 is 2.53 bits per heavy atom. The zero-order valence-electron chi connectivity index (χ0n) is 16.5. The third-order valence-corrected chi connectivity index (χ3v) is 5.64. The van der Waals surface area contributed by atoms with E-state index in [2.05, 4.69) is 9.62 Å². The smallest absolute Gasteiger partial charge is 0.416 e. The van der Waals surface area contributed by atoms with Crippen molar-refractivity contribution >= 4 is 29.3 Å². The van der Waals surface area contributed by atoms with Crippen LogP contribution in [0, 0.1) is 0 Å². The third-order valence-electron chi connectivity index (χ3n) is 4.78. The zero-order valence-corrected chi connectivity index (χ0v) is 17.3. The molecule has 1 heterocycles. The second kappa shape index (κ2) is 9.51. The average molecular weight is 440 g/mol. The number of nitrogens with one attached hydrogen (secondary N) is 1. The number of nitrogens with zero attached hydrogens (tertiary/aromatic N) is 1. The number of carbonyl (C=O) groups is 1. The molecular formula is C21H23F3N2O3S. The highest BCUT2D eigenvalue weighted by molar-refractivity contribution is 8.00. The Morgan fingerprint density at radius 1 is 1.17 bits per heavy atom. The van der Waals surface area contributed by atoms with E-state index in [-0.39, 0.29) is 5.56 Å². The van der Waals surface area contributed by atoms with Crippen LogP contribution in [0.4, 0.5) is 24.5 Å². The van der Waals surface area contributed by atoms with Gasteiger partial charge in [0.2, 0.25) is 0 Å². The molecule has 0 spiro atoms. The Kier molecular flexibility index (Phi) is 7.02. The molecule has 0 radical (unpaired) electrons. The fourth-order valence-electron chi connectivity index (χ4n) is 3.31. The molecule has 1 aliphatic rings. The molecule has 0 amide bonds. The number of hydrogen-bond donors (Lipinski definition) is 2. The number of ether oxygens (including phenoxy) is 1. The molecule has 5 nitrogen and oxygen atoms in total. The lowest BCUT2D eigenvalue weighted by Crippen LogP contribution is -2.30. The van der Waals surface area contributed by atoms with Crippen LogP contribution in [-0.2, 0) is 6.18 Å². The lowest BCUT2D eigenvalue weighted by Gasteiger charge is -2.31. The molecule has 2 aromatic carbocycles. The summed E-state index contributed by atoms with van der Waals surface area (Å²) in [6.07, 6.45) is -1.37. The first-order chi connectivity index (χ1) is 14.3.